The molecule has 4 heteroatoms. The third kappa shape index (κ3) is 1.84. The number of aromatic amines is 1. The Kier molecular flexibility index (Phi) is 2.24. The first-order valence-electron chi connectivity index (χ1n) is 6.75. The SMILES string of the molecule is O=C(Nc1cc(C2CC2)n[nH]1)C1Cc2ccccc21. The normalized spacial score (nSPS) is 20.5. The van der Waals surface area contributed by atoms with E-state index >= 15 is 0 Å². The highest BCUT2D eigenvalue weighted by Crippen LogP contribution is 2.40. The minimum atomic E-state index is -0.0103. The molecule has 1 aromatic heterocycles. The molecule has 0 spiro atoms. The maximum Gasteiger partial charge on any atom is 0.233 e. The molecule has 1 aromatic carbocycles. The quantitative estimate of drug-likeness (QED) is 0.883. The number of carbonyl (C=O) groups is 1. The predicted octanol–water partition coefficient (Wildman–Crippen LogP) is 2.57. The summed E-state index contributed by atoms with van der Waals surface area (Å²) in [4.78, 5) is 12.2. The van der Waals surface area contributed by atoms with Crippen molar-refractivity contribution >= 4 is 11.7 Å². The Morgan fingerprint density at radius 1 is 1.32 bits per heavy atom. The number of hydrogen-bond donors (Lipinski definition) is 2. The minimum Gasteiger partial charge on any atom is -0.311 e. The van der Waals surface area contributed by atoms with E-state index in [9.17, 15) is 4.79 Å². The lowest BCUT2D eigenvalue weighted by Gasteiger charge is -2.28. The molecule has 19 heavy (non-hydrogen) atoms. The molecule has 96 valence electrons. The molecule has 4 rings (SSSR count). The molecule has 0 saturated heterocycles. The Hall–Kier alpha value is -2.10. The summed E-state index contributed by atoms with van der Waals surface area (Å²) in [6.07, 6.45) is 3.27. The lowest BCUT2D eigenvalue weighted by atomic mass is 9.77. The van der Waals surface area contributed by atoms with Crippen molar-refractivity contribution in [1.29, 1.82) is 0 Å². The fraction of sp³-hybridized carbons (Fsp3) is 0.333. The fourth-order valence-electron chi connectivity index (χ4n) is 2.70. The number of benzene rings is 1. The minimum absolute atomic E-state index is 0.0103. The van der Waals surface area contributed by atoms with E-state index in [1.54, 1.807) is 0 Å². The molecule has 2 aliphatic rings. The molecule has 1 saturated carbocycles. The Labute approximate surface area is 111 Å². The van der Waals surface area contributed by atoms with Gasteiger partial charge in [0, 0.05) is 12.0 Å². The number of aromatic nitrogens is 2. The van der Waals surface area contributed by atoms with Gasteiger partial charge < -0.3 is 5.32 Å². The van der Waals surface area contributed by atoms with Crippen LogP contribution in [0, 0.1) is 0 Å². The van der Waals surface area contributed by atoms with Gasteiger partial charge in [-0.25, -0.2) is 0 Å². The van der Waals surface area contributed by atoms with Crippen molar-refractivity contribution in [1.82, 2.24) is 10.2 Å². The Morgan fingerprint density at radius 3 is 2.95 bits per heavy atom. The summed E-state index contributed by atoms with van der Waals surface area (Å²) in [6, 6.07) is 10.1. The first-order chi connectivity index (χ1) is 9.31. The zero-order valence-corrected chi connectivity index (χ0v) is 10.5. The largest absolute Gasteiger partial charge is 0.311 e. The number of amides is 1. The Morgan fingerprint density at radius 2 is 2.16 bits per heavy atom. The van der Waals surface area contributed by atoms with Gasteiger partial charge in [0.15, 0.2) is 0 Å². The van der Waals surface area contributed by atoms with Crippen LogP contribution in [-0.2, 0) is 11.2 Å². The smallest absolute Gasteiger partial charge is 0.233 e. The van der Waals surface area contributed by atoms with Crippen LogP contribution in [0.2, 0.25) is 0 Å². The highest BCUT2D eigenvalue weighted by Gasteiger charge is 2.32. The van der Waals surface area contributed by atoms with Crippen LogP contribution in [0.3, 0.4) is 0 Å². The van der Waals surface area contributed by atoms with E-state index in [0.717, 1.165) is 23.5 Å². The monoisotopic (exact) mass is 253 g/mol. The molecule has 1 fully saturated rings. The highest BCUT2D eigenvalue weighted by atomic mass is 16.2. The van der Waals surface area contributed by atoms with Crippen molar-refractivity contribution in [3.05, 3.63) is 47.2 Å². The molecule has 0 radical (unpaired) electrons. The van der Waals surface area contributed by atoms with Gasteiger partial charge in [-0.15, -0.1) is 0 Å². The number of fused-ring (bicyclic) bond motifs is 1. The van der Waals surface area contributed by atoms with Crippen LogP contribution in [0.15, 0.2) is 30.3 Å². The summed E-state index contributed by atoms with van der Waals surface area (Å²) in [5.74, 6) is 1.37. The predicted molar refractivity (Wildman–Crippen MR) is 72.1 cm³/mol. The summed E-state index contributed by atoms with van der Waals surface area (Å²) < 4.78 is 0. The van der Waals surface area contributed by atoms with Gasteiger partial charge in [0.25, 0.3) is 0 Å². The van der Waals surface area contributed by atoms with Gasteiger partial charge in [0.1, 0.15) is 5.82 Å². The molecule has 1 amide bonds. The molecular weight excluding hydrogens is 238 g/mol. The summed E-state index contributed by atoms with van der Waals surface area (Å²) in [7, 11) is 0. The van der Waals surface area contributed by atoms with Crippen LogP contribution in [0.5, 0.6) is 0 Å². The number of hydrogen-bond acceptors (Lipinski definition) is 2. The lowest BCUT2D eigenvalue weighted by molar-refractivity contribution is -0.118. The van der Waals surface area contributed by atoms with Crippen molar-refractivity contribution in [2.24, 2.45) is 0 Å². The van der Waals surface area contributed by atoms with E-state index in [0.29, 0.717) is 5.92 Å². The van der Waals surface area contributed by atoms with Crippen LogP contribution < -0.4 is 5.32 Å². The highest BCUT2D eigenvalue weighted by molar-refractivity contribution is 5.97. The van der Waals surface area contributed by atoms with Gasteiger partial charge in [-0.1, -0.05) is 24.3 Å². The molecule has 4 nitrogen and oxygen atoms in total. The number of carbonyl (C=O) groups excluding carboxylic acids is 1. The van der Waals surface area contributed by atoms with Crippen molar-refractivity contribution in [2.75, 3.05) is 5.32 Å². The molecule has 1 heterocycles. The van der Waals surface area contributed by atoms with E-state index in [4.69, 9.17) is 0 Å². The van der Waals surface area contributed by atoms with E-state index in [-0.39, 0.29) is 11.8 Å². The van der Waals surface area contributed by atoms with Crippen LogP contribution in [-0.4, -0.2) is 16.1 Å². The number of anilines is 1. The van der Waals surface area contributed by atoms with E-state index < -0.39 is 0 Å². The average molecular weight is 253 g/mol. The second-order valence-electron chi connectivity index (χ2n) is 5.43. The van der Waals surface area contributed by atoms with Gasteiger partial charge in [-0.05, 0) is 30.4 Å². The molecule has 0 bridgehead atoms. The fourth-order valence-corrected chi connectivity index (χ4v) is 2.70. The maximum absolute atomic E-state index is 12.2. The molecular formula is C15H15N3O. The van der Waals surface area contributed by atoms with E-state index in [1.165, 1.54) is 18.4 Å². The molecule has 1 unspecified atom stereocenters. The molecule has 1 atom stereocenters. The van der Waals surface area contributed by atoms with Crippen molar-refractivity contribution in [2.45, 2.75) is 31.1 Å². The topological polar surface area (TPSA) is 57.8 Å². The van der Waals surface area contributed by atoms with E-state index in [2.05, 4.69) is 21.6 Å². The maximum atomic E-state index is 12.2. The van der Waals surface area contributed by atoms with Gasteiger partial charge >= 0.3 is 0 Å². The van der Waals surface area contributed by atoms with Gasteiger partial charge in [0.2, 0.25) is 5.91 Å². The van der Waals surface area contributed by atoms with Crippen LogP contribution >= 0.6 is 0 Å². The lowest BCUT2D eigenvalue weighted by Crippen LogP contribution is -2.30. The number of nitrogens with zero attached hydrogens (tertiary/aromatic N) is 1. The second kappa shape index (κ2) is 3.95. The summed E-state index contributed by atoms with van der Waals surface area (Å²) in [5.41, 5.74) is 3.51. The van der Waals surface area contributed by atoms with Gasteiger partial charge in [-0.2, -0.15) is 5.10 Å². The van der Waals surface area contributed by atoms with E-state index in [1.807, 2.05) is 24.3 Å². The molecule has 2 aromatic rings. The zero-order chi connectivity index (χ0) is 12.8. The summed E-state index contributed by atoms with van der Waals surface area (Å²) >= 11 is 0. The first-order valence-corrected chi connectivity index (χ1v) is 6.75. The average Bonchev–Trinajstić information content (AvgIpc) is 3.12. The zero-order valence-electron chi connectivity index (χ0n) is 10.5. The van der Waals surface area contributed by atoms with Crippen molar-refractivity contribution in [3.8, 4) is 0 Å². The number of nitrogens with one attached hydrogen (secondary N) is 2. The third-order valence-corrected chi connectivity index (χ3v) is 4.02. The number of H-pyrrole nitrogens is 1. The van der Waals surface area contributed by atoms with Crippen molar-refractivity contribution < 1.29 is 4.79 Å². The first kappa shape index (κ1) is 10.8. The standard InChI is InChI=1S/C15H15N3O/c19-15(12-7-10-3-1-2-4-11(10)12)16-14-8-13(17-18-14)9-5-6-9/h1-4,8-9,12H,5-7H2,(H2,16,17,18,19). The Balaban J connectivity index is 1.47. The number of rotatable bonds is 3. The van der Waals surface area contributed by atoms with Gasteiger partial charge in [-0.3, -0.25) is 9.89 Å². The van der Waals surface area contributed by atoms with Gasteiger partial charge in [0.05, 0.1) is 11.6 Å². The summed E-state index contributed by atoms with van der Waals surface area (Å²) in [5, 5.41) is 10.1. The second-order valence-corrected chi connectivity index (χ2v) is 5.43. The molecule has 2 N–H and O–H groups in total. The van der Waals surface area contributed by atoms with Crippen LogP contribution in [0.1, 0.15) is 41.5 Å². The Bertz CT molecular complexity index is 642. The third-order valence-electron chi connectivity index (χ3n) is 4.02. The van der Waals surface area contributed by atoms with Crippen LogP contribution in [0.25, 0.3) is 0 Å². The summed E-state index contributed by atoms with van der Waals surface area (Å²) in [6.45, 7) is 0. The molecule has 2 aliphatic carbocycles. The molecule has 0 aliphatic heterocycles. The van der Waals surface area contributed by atoms with Crippen LogP contribution in [0.4, 0.5) is 5.82 Å². The van der Waals surface area contributed by atoms with Crippen molar-refractivity contribution in [3.63, 3.8) is 0 Å².